The number of hydrogen-bond donors (Lipinski definition) is 1. The van der Waals surface area contributed by atoms with Crippen molar-refractivity contribution in [2.45, 2.75) is 18.9 Å². The normalized spacial score (nSPS) is 27.3. The lowest BCUT2D eigenvalue weighted by Crippen LogP contribution is -2.27. The van der Waals surface area contributed by atoms with Crippen LogP contribution >= 0.6 is 0 Å². The maximum Gasteiger partial charge on any atom is 0.122 e. The van der Waals surface area contributed by atoms with Crippen molar-refractivity contribution in [1.82, 2.24) is 0 Å². The van der Waals surface area contributed by atoms with Crippen LogP contribution in [-0.2, 0) is 11.2 Å². The molecule has 0 bridgehead atoms. The van der Waals surface area contributed by atoms with Crippen LogP contribution in [0.25, 0.3) is 0 Å². The van der Waals surface area contributed by atoms with Gasteiger partial charge in [0.05, 0.1) is 25.4 Å². The van der Waals surface area contributed by atoms with Gasteiger partial charge in [0.2, 0.25) is 0 Å². The number of fused-ring (bicyclic) bond motifs is 1. The summed E-state index contributed by atoms with van der Waals surface area (Å²) >= 11 is 0. The van der Waals surface area contributed by atoms with E-state index in [9.17, 15) is 10.4 Å². The Kier molecular flexibility index (Phi) is 2.73. The van der Waals surface area contributed by atoms with E-state index in [2.05, 4.69) is 6.07 Å². The fraction of sp³-hybridized carbons (Fsp3) is 0.500. The summed E-state index contributed by atoms with van der Waals surface area (Å²) in [6.07, 6.45) is 0.653. The number of benzene rings is 1. The van der Waals surface area contributed by atoms with Crippen molar-refractivity contribution in [1.29, 1.82) is 5.26 Å². The highest BCUT2D eigenvalue weighted by Crippen LogP contribution is 2.41. The molecule has 1 aromatic carbocycles. The molecule has 1 N–H and O–H groups in total. The maximum absolute atomic E-state index is 10.5. The van der Waals surface area contributed by atoms with Gasteiger partial charge < -0.3 is 14.6 Å². The molecule has 3 rings (SSSR count). The molecule has 2 atom stereocenters. The summed E-state index contributed by atoms with van der Waals surface area (Å²) in [5.74, 6) is 0.889. The molecule has 0 spiro atoms. The molecule has 4 nitrogen and oxygen atoms in total. The van der Waals surface area contributed by atoms with Gasteiger partial charge in [0.15, 0.2) is 0 Å². The van der Waals surface area contributed by atoms with E-state index in [-0.39, 0.29) is 0 Å². The molecule has 2 aliphatic heterocycles. The average molecular weight is 245 g/mol. The molecular formula is C14H15NO3. The highest BCUT2D eigenvalue weighted by molar-refractivity contribution is 5.41. The highest BCUT2D eigenvalue weighted by Gasteiger charge is 2.43. The second kappa shape index (κ2) is 4.27. The maximum atomic E-state index is 10.5. The van der Waals surface area contributed by atoms with Gasteiger partial charge in [-0.2, -0.15) is 5.26 Å². The summed E-state index contributed by atoms with van der Waals surface area (Å²) in [5, 5.41) is 19.8. The molecule has 2 heterocycles. The van der Waals surface area contributed by atoms with Crippen molar-refractivity contribution < 1.29 is 14.6 Å². The topological polar surface area (TPSA) is 62.5 Å². The van der Waals surface area contributed by atoms with Crippen LogP contribution in [0, 0.1) is 16.7 Å². The lowest BCUT2D eigenvalue weighted by atomic mass is 9.79. The minimum Gasteiger partial charge on any atom is -0.493 e. The summed E-state index contributed by atoms with van der Waals surface area (Å²) in [7, 11) is 0. The first kappa shape index (κ1) is 11.5. The second-order valence-electron chi connectivity index (χ2n) is 4.94. The molecule has 4 heteroatoms. The van der Waals surface area contributed by atoms with Gasteiger partial charge in [0, 0.05) is 13.0 Å². The summed E-state index contributed by atoms with van der Waals surface area (Å²) < 4.78 is 10.7. The first-order chi connectivity index (χ1) is 8.75. The summed E-state index contributed by atoms with van der Waals surface area (Å²) in [4.78, 5) is 0. The van der Waals surface area contributed by atoms with Crippen molar-refractivity contribution in [3.63, 3.8) is 0 Å². The van der Waals surface area contributed by atoms with Crippen LogP contribution in [0.3, 0.4) is 0 Å². The zero-order valence-electron chi connectivity index (χ0n) is 10.1. The van der Waals surface area contributed by atoms with Crippen LogP contribution < -0.4 is 4.74 Å². The Labute approximate surface area is 106 Å². The molecule has 2 unspecified atom stereocenters. The van der Waals surface area contributed by atoms with Crippen molar-refractivity contribution in [3.8, 4) is 11.8 Å². The number of aliphatic hydroxyl groups is 1. The lowest BCUT2D eigenvalue weighted by Gasteiger charge is -2.25. The quantitative estimate of drug-likeness (QED) is 0.859. The number of nitriles is 1. The van der Waals surface area contributed by atoms with E-state index in [0.717, 1.165) is 23.3 Å². The van der Waals surface area contributed by atoms with Crippen molar-refractivity contribution in [3.05, 3.63) is 29.3 Å². The smallest absolute Gasteiger partial charge is 0.122 e. The van der Waals surface area contributed by atoms with Crippen molar-refractivity contribution >= 4 is 0 Å². The van der Waals surface area contributed by atoms with Gasteiger partial charge >= 0.3 is 0 Å². The van der Waals surface area contributed by atoms with Crippen LogP contribution in [0.5, 0.6) is 5.75 Å². The number of nitrogens with zero attached hydrogens (tertiary/aromatic N) is 1. The molecule has 18 heavy (non-hydrogen) atoms. The van der Waals surface area contributed by atoms with E-state index in [1.165, 1.54) is 0 Å². The molecule has 1 fully saturated rings. The Hall–Kier alpha value is -1.57. The molecule has 0 aromatic heterocycles. The zero-order valence-corrected chi connectivity index (χ0v) is 10.1. The Morgan fingerprint density at radius 2 is 2.28 bits per heavy atom. The van der Waals surface area contributed by atoms with Gasteiger partial charge in [-0.1, -0.05) is 6.07 Å². The molecule has 2 aliphatic rings. The molecule has 94 valence electrons. The van der Waals surface area contributed by atoms with E-state index in [0.29, 0.717) is 26.2 Å². The number of ether oxygens (including phenoxy) is 2. The minimum atomic E-state index is -0.798. The third-order valence-corrected chi connectivity index (χ3v) is 3.83. The largest absolute Gasteiger partial charge is 0.493 e. The first-order valence-corrected chi connectivity index (χ1v) is 6.18. The van der Waals surface area contributed by atoms with Gasteiger partial charge in [-0.3, -0.25) is 0 Å². The van der Waals surface area contributed by atoms with Crippen LogP contribution in [0.4, 0.5) is 0 Å². The van der Waals surface area contributed by atoms with Crippen LogP contribution in [-0.4, -0.2) is 24.9 Å². The number of aliphatic hydroxyl groups excluding tert-OH is 1. The zero-order chi connectivity index (χ0) is 12.6. The van der Waals surface area contributed by atoms with Crippen molar-refractivity contribution in [2.75, 3.05) is 19.8 Å². The summed E-state index contributed by atoms with van der Waals surface area (Å²) in [6.45, 7) is 1.54. The predicted octanol–water partition coefficient (Wildman–Crippen LogP) is 1.59. The fourth-order valence-corrected chi connectivity index (χ4v) is 2.64. The Bertz CT molecular complexity index is 500. The van der Waals surface area contributed by atoms with E-state index in [1.807, 2.05) is 18.2 Å². The molecule has 0 aliphatic carbocycles. The second-order valence-corrected chi connectivity index (χ2v) is 4.94. The molecule has 0 radical (unpaired) electrons. The lowest BCUT2D eigenvalue weighted by molar-refractivity contribution is 0.0503. The van der Waals surface area contributed by atoms with Gasteiger partial charge in [0.25, 0.3) is 0 Å². The molecule has 0 amide bonds. The van der Waals surface area contributed by atoms with Crippen LogP contribution in [0.2, 0.25) is 0 Å². The third kappa shape index (κ3) is 1.67. The minimum absolute atomic E-state index is 0.304. The predicted molar refractivity (Wildman–Crippen MR) is 64.1 cm³/mol. The SMILES string of the molecule is N#CC1(C(O)c2ccc3c(c2)CCO3)CCOC1. The molecular weight excluding hydrogens is 230 g/mol. The van der Waals surface area contributed by atoms with E-state index in [4.69, 9.17) is 9.47 Å². The summed E-state index contributed by atoms with van der Waals surface area (Å²) in [6, 6.07) is 7.90. The van der Waals surface area contributed by atoms with Gasteiger partial charge in [-0.25, -0.2) is 0 Å². The van der Waals surface area contributed by atoms with Gasteiger partial charge in [-0.15, -0.1) is 0 Å². The van der Waals surface area contributed by atoms with E-state index < -0.39 is 11.5 Å². The van der Waals surface area contributed by atoms with Crippen LogP contribution in [0.15, 0.2) is 18.2 Å². The number of hydrogen-bond acceptors (Lipinski definition) is 4. The summed E-state index contributed by atoms with van der Waals surface area (Å²) in [5.41, 5.74) is 1.10. The standard InChI is InChI=1S/C14H15NO3/c15-8-14(4-6-17-9-14)13(16)11-1-2-12-10(7-11)3-5-18-12/h1-2,7,13,16H,3-6,9H2. The number of rotatable bonds is 2. The first-order valence-electron chi connectivity index (χ1n) is 6.18. The average Bonchev–Trinajstić information content (AvgIpc) is 3.06. The molecule has 1 aromatic rings. The van der Waals surface area contributed by atoms with E-state index in [1.54, 1.807) is 0 Å². The highest BCUT2D eigenvalue weighted by atomic mass is 16.5. The fourth-order valence-electron chi connectivity index (χ4n) is 2.64. The van der Waals surface area contributed by atoms with Gasteiger partial charge in [-0.05, 0) is 29.7 Å². The molecule has 1 saturated heterocycles. The van der Waals surface area contributed by atoms with E-state index >= 15 is 0 Å². The third-order valence-electron chi connectivity index (χ3n) is 3.83. The van der Waals surface area contributed by atoms with Crippen LogP contribution in [0.1, 0.15) is 23.7 Å². The monoisotopic (exact) mass is 245 g/mol. The van der Waals surface area contributed by atoms with Crippen molar-refractivity contribution in [2.24, 2.45) is 5.41 Å². The Morgan fingerprint density at radius 1 is 1.39 bits per heavy atom. The van der Waals surface area contributed by atoms with Gasteiger partial charge in [0.1, 0.15) is 11.2 Å². The Balaban J connectivity index is 1.92. The Morgan fingerprint density at radius 3 is 3.00 bits per heavy atom. The molecule has 0 saturated carbocycles.